The van der Waals surface area contributed by atoms with Crippen LogP contribution in [-0.2, 0) is 0 Å². The van der Waals surface area contributed by atoms with E-state index in [0.717, 1.165) is 5.92 Å². The summed E-state index contributed by atoms with van der Waals surface area (Å²) in [5.74, 6) is 0.779. The molecule has 0 saturated carbocycles. The third-order valence-corrected chi connectivity index (χ3v) is 5.78. The lowest BCUT2D eigenvalue weighted by molar-refractivity contribution is 0.208. The van der Waals surface area contributed by atoms with Crippen LogP contribution in [0.1, 0.15) is 68.7 Å². The van der Waals surface area contributed by atoms with Crippen molar-refractivity contribution in [1.82, 2.24) is 0 Å². The summed E-state index contributed by atoms with van der Waals surface area (Å²) in [4.78, 5) is 0. The summed E-state index contributed by atoms with van der Waals surface area (Å²) in [6.07, 6.45) is 1.31. The second-order valence-corrected chi connectivity index (χ2v) is 9.32. The van der Waals surface area contributed by atoms with E-state index in [2.05, 4.69) is 71.6 Å². The molecule has 0 nitrogen and oxygen atoms in total. The smallest absolute Gasteiger partial charge is 0.135 e. The Hall–Kier alpha value is 0.495. The van der Waals surface area contributed by atoms with Crippen LogP contribution in [0.4, 0.5) is 0 Å². The van der Waals surface area contributed by atoms with E-state index in [1.807, 2.05) is 0 Å². The first-order chi connectivity index (χ1) is 7.32. The fourth-order valence-corrected chi connectivity index (χ4v) is 2.95. The molecule has 0 aliphatic carbocycles. The topological polar surface area (TPSA) is 0 Å². The van der Waals surface area contributed by atoms with Gasteiger partial charge in [-0.3, -0.25) is 0 Å². The van der Waals surface area contributed by atoms with Crippen LogP contribution in [0.15, 0.2) is 0 Å². The molecule has 0 amide bonds. The van der Waals surface area contributed by atoms with Crippen molar-refractivity contribution < 1.29 is 0 Å². The van der Waals surface area contributed by atoms with Crippen LogP contribution >= 0.6 is 9.24 Å². The Bertz CT molecular complexity index is 239. The van der Waals surface area contributed by atoms with Gasteiger partial charge in [0.05, 0.1) is 0 Å². The van der Waals surface area contributed by atoms with Crippen LogP contribution in [0.2, 0.25) is 10.6 Å². The van der Waals surface area contributed by atoms with Crippen molar-refractivity contribution in [1.29, 1.82) is 0 Å². The van der Waals surface area contributed by atoms with E-state index in [-0.39, 0.29) is 0 Å². The number of hydrogen-bond donors (Lipinski definition) is 0. The van der Waals surface area contributed by atoms with Gasteiger partial charge in [-0.15, -0.1) is 9.24 Å². The molecule has 0 heterocycles. The lowest BCUT2D eigenvalue weighted by Crippen LogP contribution is -2.39. The van der Waals surface area contributed by atoms with E-state index in [0.29, 0.717) is 21.7 Å². The number of rotatable bonds is 6. The highest BCUT2D eigenvalue weighted by Gasteiger charge is 2.42. The third-order valence-electron chi connectivity index (χ3n) is 4.88. The Morgan fingerprint density at radius 1 is 0.941 bits per heavy atom. The zero-order valence-corrected chi connectivity index (χ0v) is 14.8. The molecule has 0 rings (SSSR count). The molecule has 2 atom stereocenters. The van der Waals surface area contributed by atoms with Crippen molar-refractivity contribution in [3.8, 4) is 0 Å². The largest absolute Gasteiger partial charge is 0.135 e. The Morgan fingerprint density at radius 2 is 1.35 bits per heavy atom. The quantitative estimate of drug-likeness (QED) is 0.455. The molecule has 0 aromatic heterocycles. The van der Waals surface area contributed by atoms with E-state index in [1.165, 1.54) is 13.7 Å². The van der Waals surface area contributed by atoms with Gasteiger partial charge < -0.3 is 0 Å². The van der Waals surface area contributed by atoms with Crippen molar-refractivity contribution >= 4 is 16.5 Å². The normalized spacial score (nSPS) is 16.2. The maximum absolute atomic E-state index is 2.98. The Balaban J connectivity index is 4.89. The monoisotopic (exact) mass is 256 g/mol. The molecule has 2 heteroatoms. The molecule has 2 unspecified atom stereocenters. The van der Waals surface area contributed by atoms with Crippen molar-refractivity contribution in [3.05, 3.63) is 0 Å². The van der Waals surface area contributed by atoms with Gasteiger partial charge in [-0.05, 0) is 23.4 Å². The molecular formula is C15H34BP. The average molecular weight is 256 g/mol. The Morgan fingerprint density at radius 3 is 1.65 bits per heavy atom. The molecule has 0 N–H and O–H groups in total. The van der Waals surface area contributed by atoms with E-state index >= 15 is 0 Å². The molecule has 0 radical (unpaired) electrons. The zero-order valence-electron chi connectivity index (χ0n) is 13.6. The van der Waals surface area contributed by atoms with Gasteiger partial charge in [-0.2, -0.15) is 0 Å². The average Bonchev–Trinajstić information content (AvgIpc) is 1.97. The predicted molar refractivity (Wildman–Crippen MR) is 87.6 cm³/mol. The highest BCUT2D eigenvalue weighted by atomic mass is 31.0. The summed E-state index contributed by atoms with van der Waals surface area (Å²) >= 11 is 0. The first kappa shape index (κ1) is 17.5. The highest BCUT2D eigenvalue weighted by Crippen LogP contribution is 2.53. The predicted octanol–water partition coefficient (Wildman–Crippen LogP) is 5.16. The molecule has 0 fully saturated rings. The molecule has 0 aliphatic rings. The van der Waals surface area contributed by atoms with Crippen LogP contribution in [0.25, 0.3) is 0 Å². The molecule has 0 aromatic rings. The minimum Gasteiger partial charge on any atom is -0.135 e. The summed E-state index contributed by atoms with van der Waals surface area (Å²) < 4.78 is 0. The van der Waals surface area contributed by atoms with E-state index in [1.54, 1.807) is 0 Å². The van der Waals surface area contributed by atoms with Crippen LogP contribution < -0.4 is 0 Å². The van der Waals surface area contributed by atoms with Gasteiger partial charge in [-0.25, -0.2) is 0 Å². The molecule has 102 valence electrons. The van der Waals surface area contributed by atoms with Crippen LogP contribution in [0.5, 0.6) is 0 Å². The fourth-order valence-electron chi connectivity index (χ4n) is 2.84. The van der Waals surface area contributed by atoms with Crippen LogP contribution in [0.3, 0.4) is 0 Å². The Kier molecular flexibility index (Phi) is 5.81. The SMILES string of the molecule is CC(C)CC(C)(C)C(C)(C)BC(C)(C)C(C)P. The number of hydrogen-bond acceptors (Lipinski definition) is 0. The maximum atomic E-state index is 2.98. The fraction of sp³-hybridized carbons (Fsp3) is 1.00. The van der Waals surface area contributed by atoms with Crippen molar-refractivity contribution in [2.24, 2.45) is 11.3 Å². The lowest BCUT2D eigenvalue weighted by Gasteiger charge is -2.47. The standard InChI is InChI=1S/C15H34BP/c1-11(2)10-13(4,5)15(8,9)16-14(6,7)12(3)17/h11-12,16H,10,17H2,1-9H3. The minimum atomic E-state index is 0.381. The van der Waals surface area contributed by atoms with Gasteiger partial charge >= 0.3 is 0 Å². The molecular weight excluding hydrogens is 222 g/mol. The van der Waals surface area contributed by atoms with E-state index in [4.69, 9.17) is 0 Å². The Labute approximate surface area is 113 Å². The van der Waals surface area contributed by atoms with Gasteiger partial charge in [0, 0.05) is 0 Å². The maximum Gasteiger partial charge on any atom is 0.135 e. The molecule has 0 aromatic carbocycles. The summed E-state index contributed by atoms with van der Waals surface area (Å²) in [6.45, 7) is 21.6. The van der Waals surface area contributed by atoms with Gasteiger partial charge in [0.15, 0.2) is 0 Å². The molecule has 0 aliphatic heterocycles. The molecule has 0 bridgehead atoms. The van der Waals surface area contributed by atoms with Crippen molar-refractivity contribution in [2.45, 2.75) is 85.0 Å². The third kappa shape index (κ3) is 4.94. The van der Waals surface area contributed by atoms with Crippen LogP contribution in [-0.4, -0.2) is 12.9 Å². The minimum absolute atomic E-state index is 0.381. The molecule has 0 spiro atoms. The van der Waals surface area contributed by atoms with Gasteiger partial charge in [0.25, 0.3) is 0 Å². The van der Waals surface area contributed by atoms with Crippen molar-refractivity contribution in [2.75, 3.05) is 0 Å². The molecule has 0 saturated heterocycles. The first-order valence-electron chi connectivity index (χ1n) is 7.07. The second kappa shape index (κ2) is 5.64. The summed E-state index contributed by atoms with van der Waals surface area (Å²) in [5, 5.41) is 0.772. The van der Waals surface area contributed by atoms with Gasteiger partial charge in [0.1, 0.15) is 7.28 Å². The van der Waals surface area contributed by atoms with Crippen LogP contribution in [0, 0.1) is 11.3 Å². The lowest BCUT2D eigenvalue weighted by atomic mass is 9.34. The second-order valence-electron chi connectivity index (χ2n) is 8.32. The van der Waals surface area contributed by atoms with E-state index < -0.39 is 0 Å². The van der Waals surface area contributed by atoms with Crippen molar-refractivity contribution in [3.63, 3.8) is 0 Å². The summed E-state index contributed by atoms with van der Waals surface area (Å²) in [6, 6.07) is 0. The summed E-state index contributed by atoms with van der Waals surface area (Å²) in [5.41, 5.74) is 1.06. The zero-order chi connectivity index (χ0) is 14.1. The molecule has 17 heavy (non-hydrogen) atoms. The summed E-state index contributed by atoms with van der Waals surface area (Å²) in [7, 11) is 4.26. The van der Waals surface area contributed by atoms with Gasteiger partial charge in [0.2, 0.25) is 0 Å². The van der Waals surface area contributed by atoms with E-state index in [9.17, 15) is 0 Å². The first-order valence-corrected chi connectivity index (χ1v) is 7.74. The van der Waals surface area contributed by atoms with Gasteiger partial charge in [-0.1, -0.05) is 72.9 Å². The highest BCUT2D eigenvalue weighted by molar-refractivity contribution is 7.18.